The highest BCUT2D eigenvalue weighted by Crippen LogP contribution is 2.29. The quantitative estimate of drug-likeness (QED) is 0.650. The van der Waals surface area contributed by atoms with Crippen LogP contribution in [-0.2, 0) is 4.79 Å². The summed E-state index contributed by atoms with van der Waals surface area (Å²) < 4.78 is 10.7. The van der Waals surface area contributed by atoms with Crippen molar-refractivity contribution >= 4 is 12.0 Å². The van der Waals surface area contributed by atoms with E-state index in [0.717, 1.165) is 0 Å². The van der Waals surface area contributed by atoms with Crippen LogP contribution in [-0.4, -0.2) is 24.3 Å². The minimum Gasteiger partial charge on any atom is -0.493 e. The van der Waals surface area contributed by atoms with Crippen LogP contribution in [0, 0.1) is 11.3 Å². The Morgan fingerprint density at radius 3 is 2.58 bits per heavy atom. The fraction of sp³-hybridized carbons (Fsp3) is 0.286. The number of hydrogen-bond donors (Lipinski definition) is 1. The number of hydrogen-bond acceptors (Lipinski definition) is 4. The van der Waals surface area contributed by atoms with E-state index in [-0.39, 0.29) is 11.7 Å². The highest BCUT2D eigenvalue weighted by Gasteiger charge is 2.09. The van der Waals surface area contributed by atoms with Crippen LogP contribution in [0.5, 0.6) is 11.5 Å². The molecule has 100 valence electrons. The molecule has 0 aliphatic heterocycles. The van der Waals surface area contributed by atoms with E-state index in [2.05, 4.69) is 0 Å². The van der Waals surface area contributed by atoms with Crippen LogP contribution >= 0.6 is 0 Å². The van der Waals surface area contributed by atoms with Crippen molar-refractivity contribution in [3.8, 4) is 17.6 Å². The summed E-state index contributed by atoms with van der Waals surface area (Å²) in [5, 5.41) is 17.5. The van der Waals surface area contributed by atoms with Crippen LogP contribution in [0.2, 0.25) is 0 Å². The number of methoxy groups -OCH3 is 1. The van der Waals surface area contributed by atoms with Gasteiger partial charge in [0.2, 0.25) is 0 Å². The number of aliphatic carboxylic acids is 1. The van der Waals surface area contributed by atoms with Crippen molar-refractivity contribution < 1.29 is 19.4 Å². The van der Waals surface area contributed by atoms with Crippen LogP contribution in [0.15, 0.2) is 23.8 Å². The molecule has 0 aliphatic rings. The van der Waals surface area contributed by atoms with Gasteiger partial charge in [-0.05, 0) is 37.6 Å². The van der Waals surface area contributed by atoms with Crippen molar-refractivity contribution in [2.45, 2.75) is 20.0 Å². The largest absolute Gasteiger partial charge is 0.493 e. The number of ether oxygens (including phenoxy) is 2. The molecular weight excluding hydrogens is 246 g/mol. The lowest BCUT2D eigenvalue weighted by Crippen LogP contribution is -2.06. The molecule has 0 heterocycles. The summed E-state index contributed by atoms with van der Waals surface area (Å²) in [5.41, 5.74) is 0.228. The van der Waals surface area contributed by atoms with E-state index < -0.39 is 5.97 Å². The van der Waals surface area contributed by atoms with Crippen LogP contribution in [0.1, 0.15) is 19.4 Å². The van der Waals surface area contributed by atoms with Gasteiger partial charge >= 0.3 is 5.97 Å². The molecule has 19 heavy (non-hydrogen) atoms. The monoisotopic (exact) mass is 261 g/mol. The lowest BCUT2D eigenvalue weighted by Gasteiger charge is -2.13. The van der Waals surface area contributed by atoms with Crippen LogP contribution in [0.25, 0.3) is 6.08 Å². The molecule has 0 saturated heterocycles. The van der Waals surface area contributed by atoms with E-state index in [1.54, 1.807) is 24.3 Å². The summed E-state index contributed by atoms with van der Waals surface area (Å²) in [4.78, 5) is 10.8. The van der Waals surface area contributed by atoms with Crippen LogP contribution in [0.3, 0.4) is 0 Å². The number of rotatable bonds is 5. The van der Waals surface area contributed by atoms with E-state index in [0.29, 0.717) is 17.1 Å². The zero-order valence-corrected chi connectivity index (χ0v) is 11.0. The predicted molar refractivity (Wildman–Crippen MR) is 70.0 cm³/mol. The second-order valence-corrected chi connectivity index (χ2v) is 4.05. The Morgan fingerprint density at radius 2 is 2.11 bits per heavy atom. The first-order valence-corrected chi connectivity index (χ1v) is 5.67. The van der Waals surface area contributed by atoms with Gasteiger partial charge in [-0.15, -0.1) is 0 Å². The molecule has 0 amide bonds. The summed E-state index contributed by atoms with van der Waals surface area (Å²) in [6, 6.07) is 6.60. The second kappa shape index (κ2) is 6.45. The molecule has 1 rings (SSSR count). The van der Waals surface area contributed by atoms with Crippen molar-refractivity contribution in [1.82, 2.24) is 0 Å². The fourth-order valence-corrected chi connectivity index (χ4v) is 1.43. The Balaban J connectivity index is 3.14. The first-order valence-electron chi connectivity index (χ1n) is 5.67. The molecule has 0 saturated carbocycles. The molecule has 0 atom stereocenters. The standard InChI is InChI=1S/C14H15NO4/c1-9(2)19-12-5-4-10(7-13(12)18-3)6-11(8-15)14(16)17/h4-7,9H,1-3H3,(H,16,17). The fourth-order valence-electron chi connectivity index (χ4n) is 1.43. The third kappa shape index (κ3) is 4.03. The molecule has 0 aromatic heterocycles. The van der Waals surface area contributed by atoms with Crippen LogP contribution in [0.4, 0.5) is 0 Å². The van der Waals surface area contributed by atoms with Crippen molar-refractivity contribution in [2.75, 3.05) is 7.11 Å². The Kier molecular flexibility index (Phi) is 4.95. The van der Waals surface area contributed by atoms with Gasteiger partial charge < -0.3 is 14.6 Å². The van der Waals surface area contributed by atoms with Crippen molar-refractivity contribution in [3.63, 3.8) is 0 Å². The Hall–Kier alpha value is -2.48. The van der Waals surface area contributed by atoms with Gasteiger partial charge in [0, 0.05) is 0 Å². The lowest BCUT2D eigenvalue weighted by molar-refractivity contribution is -0.132. The zero-order valence-electron chi connectivity index (χ0n) is 11.0. The molecule has 0 bridgehead atoms. The maximum atomic E-state index is 10.8. The summed E-state index contributed by atoms with van der Waals surface area (Å²) in [6.45, 7) is 3.79. The van der Waals surface area contributed by atoms with Crippen LogP contribution < -0.4 is 9.47 Å². The first-order chi connectivity index (χ1) is 8.97. The average Bonchev–Trinajstić information content (AvgIpc) is 2.36. The summed E-state index contributed by atoms with van der Waals surface area (Å²) in [7, 11) is 1.50. The van der Waals surface area contributed by atoms with E-state index in [9.17, 15) is 4.79 Å². The van der Waals surface area contributed by atoms with E-state index >= 15 is 0 Å². The molecular formula is C14H15NO4. The highest BCUT2D eigenvalue weighted by atomic mass is 16.5. The number of carbonyl (C=O) groups is 1. The van der Waals surface area contributed by atoms with Crippen molar-refractivity contribution in [2.24, 2.45) is 0 Å². The normalized spacial score (nSPS) is 11.0. The molecule has 5 nitrogen and oxygen atoms in total. The van der Waals surface area contributed by atoms with Gasteiger partial charge in [-0.25, -0.2) is 4.79 Å². The minimum atomic E-state index is -1.26. The van der Waals surface area contributed by atoms with Crippen molar-refractivity contribution in [3.05, 3.63) is 29.3 Å². The molecule has 5 heteroatoms. The van der Waals surface area contributed by atoms with Gasteiger partial charge in [0.15, 0.2) is 11.5 Å². The highest BCUT2D eigenvalue weighted by molar-refractivity contribution is 5.96. The van der Waals surface area contributed by atoms with Gasteiger partial charge in [0.25, 0.3) is 0 Å². The molecule has 0 fully saturated rings. The van der Waals surface area contributed by atoms with Gasteiger partial charge in [0.1, 0.15) is 11.6 Å². The first kappa shape index (κ1) is 14.6. The molecule has 0 spiro atoms. The Morgan fingerprint density at radius 1 is 1.42 bits per heavy atom. The molecule has 1 N–H and O–H groups in total. The van der Waals surface area contributed by atoms with Gasteiger partial charge in [-0.2, -0.15) is 5.26 Å². The number of nitrogens with zero attached hydrogens (tertiary/aromatic N) is 1. The summed E-state index contributed by atoms with van der Waals surface area (Å²) in [6.07, 6.45) is 1.29. The molecule has 0 aliphatic carbocycles. The smallest absolute Gasteiger partial charge is 0.346 e. The third-order valence-corrected chi connectivity index (χ3v) is 2.21. The van der Waals surface area contributed by atoms with E-state index in [4.69, 9.17) is 19.8 Å². The maximum Gasteiger partial charge on any atom is 0.346 e. The van der Waals surface area contributed by atoms with Crippen molar-refractivity contribution in [1.29, 1.82) is 5.26 Å². The Bertz CT molecular complexity index is 541. The minimum absolute atomic E-state index is 0.00369. The zero-order chi connectivity index (χ0) is 14.4. The molecule has 1 aromatic rings. The Labute approximate surface area is 111 Å². The van der Waals surface area contributed by atoms with Gasteiger partial charge in [-0.3, -0.25) is 0 Å². The van der Waals surface area contributed by atoms with E-state index in [1.807, 2.05) is 13.8 Å². The predicted octanol–water partition coefficient (Wildman–Crippen LogP) is 2.47. The second-order valence-electron chi connectivity index (χ2n) is 4.05. The molecule has 1 aromatic carbocycles. The summed E-state index contributed by atoms with van der Waals surface area (Å²) >= 11 is 0. The number of carboxylic acids is 1. The number of nitriles is 1. The SMILES string of the molecule is COc1cc(C=C(C#N)C(=O)O)ccc1OC(C)C. The molecule has 0 radical (unpaired) electrons. The number of benzene rings is 1. The summed E-state index contributed by atoms with van der Waals surface area (Å²) in [5.74, 6) is -0.197. The maximum absolute atomic E-state index is 10.8. The third-order valence-electron chi connectivity index (χ3n) is 2.21. The average molecular weight is 261 g/mol. The number of carboxylic acid groups (broad SMARTS) is 1. The lowest BCUT2D eigenvalue weighted by atomic mass is 10.1. The molecule has 0 unspecified atom stereocenters. The van der Waals surface area contributed by atoms with Gasteiger partial charge in [0.05, 0.1) is 13.2 Å². The van der Waals surface area contributed by atoms with E-state index in [1.165, 1.54) is 13.2 Å². The topological polar surface area (TPSA) is 79.5 Å². The van der Waals surface area contributed by atoms with Gasteiger partial charge in [-0.1, -0.05) is 6.07 Å².